The summed E-state index contributed by atoms with van der Waals surface area (Å²) in [6, 6.07) is 9.77. The van der Waals surface area contributed by atoms with Crippen molar-refractivity contribution in [2.45, 2.75) is 25.9 Å². The molecule has 1 aliphatic heterocycles. The van der Waals surface area contributed by atoms with Crippen LogP contribution in [0, 0.1) is 0 Å². The van der Waals surface area contributed by atoms with Crippen LogP contribution in [0.2, 0.25) is 0 Å². The highest BCUT2D eigenvalue weighted by molar-refractivity contribution is 5.97. The Kier molecular flexibility index (Phi) is 3.12. The number of aromatic nitrogens is 1. The molecule has 21 heavy (non-hydrogen) atoms. The lowest BCUT2D eigenvalue weighted by atomic mass is 9.97. The molecule has 2 heterocycles. The molecule has 1 aromatic carbocycles. The summed E-state index contributed by atoms with van der Waals surface area (Å²) in [5.41, 5.74) is 1.08. The lowest BCUT2D eigenvalue weighted by molar-refractivity contribution is -0.152. The molecule has 5 heteroatoms. The summed E-state index contributed by atoms with van der Waals surface area (Å²) in [6.07, 6.45) is 1.75. The molecule has 0 saturated carbocycles. The van der Waals surface area contributed by atoms with Crippen molar-refractivity contribution in [1.82, 2.24) is 15.2 Å². The van der Waals surface area contributed by atoms with Crippen LogP contribution in [-0.2, 0) is 16.1 Å². The first-order valence-corrected chi connectivity index (χ1v) is 6.91. The average molecular weight is 283 g/mol. The number of amides is 2. The van der Waals surface area contributed by atoms with Gasteiger partial charge < -0.3 is 10.2 Å². The Morgan fingerprint density at radius 3 is 2.90 bits per heavy atom. The van der Waals surface area contributed by atoms with Crippen LogP contribution >= 0.6 is 0 Å². The fourth-order valence-electron chi connectivity index (χ4n) is 2.59. The molecule has 0 radical (unpaired) electrons. The molecule has 1 N–H and O–H groups in total. The van der Waals surface area contributed by atoms with Gasteiger partial charge in [0.15, 0.2) is 0 Å². The highest BCUT2D eigenvalue weighted by Gasteiger charge is 2.41. The van der Waals surface area contributed by atoms with E-state index in [-0.39, 0.29) is 18.4 Å². The molecule has 0 spiro atoms. The van der Waals surface area contributed by atoms with Gasteiger partial charge in [-0.1, -0.05) is 12.1 Å². The van der Waals surface area contributed by atoms with E-state index in [0.29, 0.717) is 6.54 Å². The SMILES string of the molecule is CC1(C)C(=O)NCC(=O)N1Cc1ccc2ncccc2c1. The Balaban J connectivity index is 1.93. The Morgan fingerprint density at radius 1 is 1.29 bits per heavy atom. The van der Waals surface area contributed by atoms with E-state index < -0.39 is 5.54 Å². The number of rotatable bonds is 2. The molecule has 0 aliphatic carbocycles. The van der Waals surface area contributed by atoms with E-state index in [4.69, 9.17) is 0 Å². The second-order valence-electron chi connectivity index (χ2n) is 5.75. The van der Waals surface area contributed by atoms with E-state index in [2.05, 4.69) is 10.3 Å². The molecule has 1 saturated heterocycles. The van der Waals surface area contributed by atoms with Gasteiger partial charge in [-0.15, -0.1) is 0 Å². The van der Waals surface area contributed by atoms with Crippen LogP contribution in [0.1, 0.15) is 19.4 Å². The lowest BCUT2D eigenvalue weighted by Crippen LogP contribution is -2.63. The number of carbonyl (C=O) groups is 2. The zero-order valence-electron chi connectivity index (χ0n) is 12.1. The highest BCUT2D eigenvalue weighted by atomic mass is 16.2. The second-order valence-corrected chi connectivity index (χ2v) is 5.75. The Labute approximate surface area is 123 Å². The first kappa shape index (κ1) is 13.5. The molecule has 1 aromatic heterocycles. The Bertz CT molecular complexity index is 724. The van der Waals surface area contributed by atoms with Crippen LogP contribution in [0.3, 0.4) is 0 Å². The van der Waals surface area contributed by atoms with Gasteiger partial charge in [0.25, 0.3) is 0 Å². The number of benzene rings is 1. The summed E-state index contributed by atoms with van der Waals surface area (Å²) >= 11 is 0. The fraction of sp³-hybridized carbons (Fsp3) is 0.312. The molecule has 108 valence electrons. The van der Waals surface area contributed by atoms with Crippen molar-refractivity contribution in [2.24, 2.45) is 0 Å². The molecule has 5 nitrogen and oxygen atoms in total. The molecule has 1 fully saturated rings. The second kappa shape index (κ2) is 4.84. The lowest BCUT2D eigenvalue weighted by Gasteiger charge is -2.41. The monoisotopic (exact) mass is 283 g/mol. The number of hydrogen-bond donors (Lipinski definition) is 1. The van der Waals surface area contributed by atoms with Crippen LogP contribution in [0.5, 0.6) is 0 Å². The minimum atomic E-state index is -0.834. The summed E-state index contributed by atoms with van der Waals surface area (Å²) in [4.78, 5) is 30.0. The summed E-state index contributed by atoms with van der Waals surface area (Å²) in [6.45, 7) is 4.02. The van der Waals surface area contributed by atoms with Gasteiger partial charge in [0.05, 0.1) is 12.1 Å². The van der Waals surface area contributed by atoms with Crippen molar-refractivity contribution < 1.29 is 9.59 Å². The molecule has 0 unspecified atom stereocenters. The topological polar surface area (TPSA) is 62.3 Å². The maximum absolute atomic E-state index is 12.1. The van der Waals surface area contributed by atoms with Gasteiger partial charge in [0, 0.05) is 18.1 Å². The number of nitrogens with one attached hydrogen (secondary N) is 1. The van der Waals surface area contributed by atoms with E-state index in [1.807, 2.05) is 30.3 Å². The maximum atomic E-state index is 12.1. The van der Waals surface area contributed by atoms with Gasteiger partial charge in [-0.25, -0.2) is 0 Å². The maximum Gasteiger partial charge on any atom is 0.245 e. The first-order valence-electron chi connectivity index (χ1n) is 6.91. The number of nitrogens with zero attached hydrogens (tertiary/aromatic N) is 2. The molecule has 2 amide bonds. The van der Waals surface area contributed by atoms with Crippen LogP contribution in [0.25, 0.3) is 10.9 Å². The molecule has 0 bridgehead atoms. The zero-order valence-corrected chi connectivity index (χ0v) is 12.1. The van der Waals surface area contributed by atoms with Gasteiger partial charge in [-0.05, 0) is 37.6 Å². The Morgan fingerprint density at radius 2 is 2.10 bits per heavy atom. The van der Waals surface area contributed by atoms with Gasteiger partial charge in [-0.2, -0.15) is 0 Å². The zero-order chi connectivity index (χ0) is 15.0. The predicted molar refractivity (Wildman–Crippen MR) is 79.4 cm³/mol. The van der Waals surface area contributed by atoms with Gasteiger partial charge in [0.1, 0.15) is 5.54 Å². The van der Waals surface area contributed by atoms with E-state index in [1.165, 1.54) is 0 Å². The van der Waals surface area contributed by atoms with Crippen molar-refractivity contribution >= 4 is 22.7 Å². The number of piperazine rings is 1. The minimum absolute atomic E-state index is 0.0640. The quantitative estimate of drug-likeness (QED) is 0.908. The number of hydrogen-bond acceptors (Lipinski definition) is 3. The standard InChI is InChI=1S/C16H17N3O2/c1-16(2)15(21)18-9-14(20)19(16)10-11-5-6-13-12(8-11)4-3-7-17-13/h3-8H,9-10H2,1-2H3,(H,18,21). The number of pyridine rings is 1. The first-order chi connectivity index (χ1) is 9.98. The van der Waals surface area contributed by atoms with E-state index in [9.17, 15) is 9.59 Å². The van der Waals surface area contributed by atoms with Crippen molar-refractivity contribution in [3.63, 3.8) is 0 Å². The van der Waals surface area contributed by atoms with Crippen LogP contribution in [0.4, 0.5) is 0 Å². The largest absolute Gasteiger partial charge is 0.345 e. The smallest absolute Gasteiger partial charge is 0.245 e. The third-order valence-electron chi connectivity index (χ3n) is 3.94. The molecule has 1 aliphatic rings. The van der Waals surface area contributed by atoms with E-state index >= 15 is 0 Å². The summed E-state index contributed by atoms with van der Waals surface area (Å²) in [5, 5.41) is 3.66. The fourth-order valence-corrected chi connectivity index (χ4v) is 2.59. The van der Waals surface area contributed by atoms with Gasteiger partial charge in [-0.3, -0.25) is 14.6 Å². The summed E-state index contributed by atoms with van der Waals surface area (Å²) in [5.74, 6) is -0.185. The third-order valence-corrected chi connectivity index (χ3v) is 3.94. The number of carbonyl (C=O) groups excluding carboxylic acids is 2. The highest BCUT2D eigenvalue weighted by Crippen LogP contribution is 2.23. The minimum Gasteiger partial charge on any atom is -0.345 e. The van der Waals surface area contributed by atoms with E-state index in [0.717, 1.165) is 16.5 Å². The van der Waals surface area contributed by atoms with Crippen molar-refractivity contribution in [3.05, 3.63) is 42.1 Å². The molecular formula is C16H17N3O2. The summed E-state index contributed by atoms with van der Waals surface area (Å²) in [7, 11) is 0. The van der Waals surface area contributed by atoms with Gasteiger partial charge >= 0.3 is 0 Å². The molecule has 0 atom stereocenters. The van der Waals surface area contributed by atoms with Crippen molar-refractivity contribution in [3.8, 4) is 0 Å². The molecule has 3 rings (SSSR count). The third kappa shape index (κ3) is 2.35. The Hall–Kier alpha value is -2.43. The van der Waals surface area contributed by atoms with Crippen LogP contribution in [0.15, 0.2) is 36.5 Å². The van der Waals surface area contributed by atoms with Crippen LogP contribution < -0.4 is 5.32 Å². The molecule has 2 aromatic rings. The normalized spacial score (nSPS) is 17.9. The molecular weight excluding hydrogens is 266 g/mol. The van der Waals surface area contributed by atoms with Crippen LogP contribution in [-0.4, -0.2) is 33.8 Å². The number of fused-ring (bicyclic) bond motifs is 1. The average Bonchev–Trinajstić information content (AvgIpc) is 2.48. The van der Waals surface area contributed by atoms with Crippen molar-refractivity contribution in [2.75, 3.05) is 6.54 Å². The van der Waals surface area contributed by atoms with E-state index in [1.54, 1.807) is 24.9 Å². The van der Waals surface area contributed by atoms with Gasteiger partial charge in [0.2, 0.25) is 11.8 Å². The predicted octanol–water partition coefficient (Wildman–Crippen LogP) is 1.47. The summed E-state index contributed by atoms with van der Waals surface area (Å²) < 4.78 is 0. The van der Waals surface area contributed by atoms with Crippen molar-refractivity contribution in [1.29, 1.82) is 0 Å².